The molecule has 1 fully saturated rings. The standard InChI is InChI=1S/C12H22N2O2S/c1-2-3-7-16-11(15)9-14-6-4-5-10(8-14)12(13)17/h10H,2-9H2,1H3,(H2,13,17). The Bertz CT molecular complexity index is 271. The Morgan fingerprint density at radius 3 is 3.00 bits per heavy atom. The monoisotopic (exact) mass is 258 g/mol. The Hall–Kier alpha value is -0.680. The summed E-state index contributed by atoms with van der Waals surface area (Å²) in [7, 11) is 0. The second kappa shape index (κ2) is 7.61. The molecule has 1 heterocycles. The lowest BCUT2D eigenvalue weighted by molar-refractivity contribution is -0.145. The maximum Gasteiger partial charge on any atom is 0.320 e. The van der Waals surface area contributed by atoms with Crippen LogP contribution in [0.3, 0.4) is 0 Å². The van der Waals surface area contributed by atoms with Gasteiger partial charge >= 0.3 is 5.97 Å². The molecule has 1 saturated heterocycles. The molecule has 5 heteroatoms. The Balaban J connectivity index is 2.26. The molecule has 0 bridgehead atoms. The zero-order valence-electron chi connectivity index (χ0n) is 10.5. The Kier molecular flexibility index (Phi) is 6.44. The third-order valence-corrected chi connectivity index (χ3v) is 3.35. The van der Waals surface area contributed by atoms with Crippen LogP contribution >= 0.6 is 12.2 Å². The molecule has 2 N–H and O–H groups in total. The number of carbonyl (C=O) groups is 1. The van der Waals surface area contributed by atoms with Gasteiger partial charge in [-0.2, -0.15) is 0 Å². The van der Waals surface area contributed by atoms with Crippen molar-refractivity contribution in [2.24, 2.45) is 11.7 Å². The Labute approximate surface area is 108 Å². The van der Waals surface area contributed by atoms with E-state index in [0.717, 1.165) is 38.8 Å². The summed E-state index contributed by atoms with van der Waals surface area (Å²) in [6.45, 7) is 4.69. The molecule has 1 aliphatic rings. The van der Waals surface area contributed by atoms with Gasteiger partial charge in [-0.3, -0.25) is 9.69 Å². The number of piperidine rings is 1. The molecule has 98 valence electrons. The summed E-state index contributed by atoms with van der Waals surface area (Å²) < 4.78 is 5.14. The van der Waals surface area contributed by atoms with Gasteiger partial charge in [0.15, 0.2) is 0 Å². The average Bonchev–Trinajstić information content (AvgIpc) is 2.29. The van der Waals surface area contributed by atoms with Crippen LogP contribution in [0.1, 0.15) is 32.6 Å². The molecule has 1 rings (SSSR count). The van der Waals surface area contributed by atoms with Gasteiger partial charge in [-0.25, -0.2) is 0 Å². The first-order chi connectivity index (χ1) is 8.13. The summed E-state index contributed by atoms with van der Waals surface area (Å²) >= 11 is 5.00. The van der Waals surface area contributed by atoms with Crippen molar-refractivity contribution in [3.05, 3.63) is 0 Å². The zero-order chi connectivity index (χ0) is 12.7. The number of thiocarbonyl (C=S) groups is 1. The van der Waals surface area contributed by atoms with Gasteiger partial charge in [0.1, 0.15) is 0 Å². The second-order valence-corrected chi connectivity index (χ2v) is 5.02. The number of nitrogens with two attached hydrogens (primary N) is 1. The lowest BCUT2D eigenvalue weighted by atomic mass is 9.98. The number of hydrogen-bond donors (Lipinski definition) is 1. The van der Waals surface area contributed by atoms with Gasteiger partial charge in [0, 0.05) is 12.5 Å². The quantitative estimate of drug-likeness (QED) is 0.442. The number of carbonyl (C=O) groups excluding carboxylic acids is 1. The maximum atomic E-state index is 11.5. The van der Waals surface area contributed by atoms with Crippen molar-refractivity contribution in [1.29, 1.82) is 0 Å². The van der Waals surface area contributed by atoms with Crippen molar-refractivity contribution >= 4 is 23.2 Å². The lowest BCUT2D eigenvalue weighted by Gasteiger charge is -2.31. The third kappa shape index (κ3) is 5.46. The number of ether oxygens (including phenoxy) is 1. The summed E-state index contributed by atoms with van der Waals surface area (Å²) in [6, 6.07) is 0. The van der Waals surface area contributed by atoms with Gasteiger partial charge in [-0.1, -0.05) is 25.6 Å². The van der Waals surface area contributed by atoms with Gasteiger partial charge in [0.05, 0.1) is 18.1 Å². The Morgan fingerprint density at radius 2 is 2.35 bits per heavy atom. The van der Waals surface area contributed by atoms with Crippen LogP contribution in [0.2, 0.25) is 0 Å². The van der Waals surface area contributed by atoms with Crippen LogP contribution in [0, 0.1) is 5.92 Å². The van der Waals surface area contributed by atoms with E-state index in [2.05, 4.69) is 11.8 Å². The van der Waals surface area contributed by atoms with E-state index in [-0.39, 0.29) is 11.9 Å². The van der Waals surface area contributed by atoms with Gasteiger partial charge < -0.3 is 10.5 Å². The van der Waals surface area contributed by atoms with Crippen LogP contribution in [0.5, 0.6) is 0 Å². The van der Waals surface area contributed by atoms with Crippen molar-refractivity contribution in [3.8, 4) is 0 Å². The molecule has 0 saturated carbocycles. The summed E-state index contributed by atoms with van der Waals surface area (Å²) in [5, 5.41) is 0. The van der Waals surface area contributed by atoms with Gasteiger partial charge in [-0.05, 0) is 25.8 Å². The van der Waals surface area contributed by atoms with Crippen LogP contribution in [0.25, 0.3) is 0 Å². The van der Waals surface area contributed by atoms with E-state index < -0.39 is 0 Å². The molecular formula is C12H22N2O2S. The highest BCUT2D eigenvalue weighted by atomic mass is 32.1. The minimum Gasteiger partial charge on any atom is -0.465 e. The SMILES string of the molecule is CCCCOC(=O)CN1CCCC(C(N)=S)C1. The topological polar surface area (TPSA) is 55.6 Å². The van der Waals surface area contributed by atoms with E-state index >= 15 is 0 Å². The number of nitrogens with zero attached hydrogens (tertiary/aromatic N) is 1. The van der Waals surface area contributed by atoms with Crippen molar-refractivity contribution < 1.29 is 9.53 Å². The van der Waals surface area contributed by atoms with E-state index in [1.54, 1.807) is 0 Å². The van der Waals surface area contributed by atoms with Crippen molar-refractivity contribution in [3.63, 3.8) is 0 Å². The van der Waals surface area contributed by atoms with Crippen LogP contribution in [-0.4, -0.2) is 42.1 Å². The van der Waals surface area contributed by atoms with Crippen LogP contribution < -0.4 is 5.73 Å². The van der Waals surface area contributed by atoms with Crippen LogP contribution in [0.15, 0.2) is 0 Å². The lowest BCUT2D eigenvalue weighted by Crippen LogP contribution is -2.43. The minimum atomic E-state index is -0.137. The molecule has 0 aliphatic carbocycles. The zero-order valence-corrected chi connectivity index (χ0v) is 11.3. The molecule has 0 spiro atoms. The third-order valence-electron chi connectivity index (χ3n) is 3.02. The highest BCUT2D eigenvalue weighted by Crippen LogP contribution is 2.16. The summed E-state index contributed by atoms with van der Waals surface area (Å²) in [5.41, 5.74) is 5.65. The first-order valence-electron chi connectivity index (χ1n) is 6.30. The van der Waals surface area contributed by atoms with Gasteiger partial charge in [0.25, 0.3) is 0 Å². The molecule has 17 heavy (non-hydrogen) atoms. The normalized spacial score (nSPS) is 21.1. The fourth-order valence-corrected chi connectivity index (χ4v) is 2.18. The fraction of sp³-hybridized carbons (Fsp3) is 0.833. The fourth-order valence-electron chi connectivity index (χ4n) is 1.99. The van der Waals surface area contributed by atoms with Crippen molar-refractivity contribution in [2.75, 3.05) is 26.2 Å². The summed E-state index contributed by atoms with van der Waals surface area (Å²) in [5.74, 6) is 0.115. The molecule has 0 aromatic rings. The number of unbranched alkanes of at least 4 members (excludes halogenated alkanes) is 1. The largest absolute Gasteiger partial charge is 0.465 e. The molecule has 4 nitrogen and oxygen atoms in total. The maximum absolute atomic E-state index is 11.5. The van der Waals surface area contributed by atoms with E-state index in [4.69, 9.17) is 22.7 Å². The second-order valence-electron chi connectivity index (χ2n) is 4.55. The van der Waals surface area contributed by atoms with Crippen LogP contribution in [-0.2, 0) is 9.53 Å². The minimum absolute atomic E-state index is 0.137. The molecule has 1 aliphatic heterocycles. The van der Waals surface area contributed by atoms with E-state index in [9.17, 15) is 4.79 Å². The Morgan fingerprint density at radius 1 is 1.59 bits per heavy atom. The summed E-state index contributed by atoms with van der Waals surface area (Å²) in [6.07, 6.45) is 4.06. The predicted octanol–water partition coefficient (Wildman–Crippen LogP) is 1.33. The molecular weight excluding hydrogens is 236 g/mol. The van der Waals surface area contributed by atoms with E-state index in [1.165, 1.54) is 0 Å². The highest BCUT2D eigenvalue weighted by molar-refractivity contribution is 7.80. The molecule has 0 aromatic carbocycles. The predicted molar refractivity (Wildman–Crippen MR) is 71.8 cm³/mol. The smallest absolute Gasteiger partial charge is 0.320 e. The first-order valence-corrected chi connectivity index (χ1v) is 6.71. The van der Waals surface area contributed by atoms with E-state index in [1.807, 2.05) is 0 Å². The molecule has 0 amide bonds. The van der Waals surface area contributed by atoms with Gasteiger partial charge in [-0.15, -0.1) is 0 Å². The average molecular weight is 258 g/mol. The summed E-state index contributed by atoms with van der Waals surface area (Å²) in [4.78, 5) is 14.2. The molecule has 0 radical (unpaired) electrons. The first kappa shape index (κ1) is 14.4. The van der Waals surface area contributed by atoms with Crippen LogP contribution in [0.4, 0.5) is 0 Å². The van der Waals surface area contributed by atoms with Crippen molar-refractivity contribution in [1.82, 2.24) is 4.90 Å². The highest BCUT2D eigenvalue weighted by Gasteiger charge is 2.23. The molecule has 1 atom stereocenters. The van der Waals surface area contributed by atoms with Gasteiger partial charge in [0.2, 0.25) is 0 Å². The van der Waals surface area contributed by atoms with E-state index in [0.29, 0.717) is 18.1 Å². The molecule has 1 unspecified atom stereocenters. The molecule has 0 aromatic heterocycles. The number of esters is 1. The number of hydrogen-bond acceptors (Lipinski definition) is 4. The number of rotatable bonds is 6. The number of likely N-dealkylation sites (tertiary alicyclic amines) is 1. The van der Waals surface area contributed by atoms with Crippen molar-refractivity contribution in [2.45, 2.75) is 32.6 Å².